The van der Waals surface area contributed by atoms with Gasteiger partial charge in [0.25, 0.3) is 0 Å². The van der Waals surface area contributed by atoms with Crippen LogP contribution in [0.1, 0.15) is 51.2 Å². The van der Waals surface area contributed by atoms with Crippen LogP contribution in [-0.4, -0.2) is 18.3 Å². The van der Waals surface area contributed by atoms with Gasteiger partial charge in [-0.3, -0.25) is 0 Å². The van der Waals surface area contributed by atoms with Gasteiger partial charge in [0.15, 0.2) is 11.5 Å². The van der Waals surface area contributed by atoms with Crippen molar-refractivity contribution >= 4 is 15.9 Å². The largest absolute Gasteiger partial charge is 0.486 e. The van der Waals surface area contributed by atoms with Crippen molar-refractivity contribution in [2.45, 2.75) is 45.6 Å². The molecular formula is C16H23BrO3. The normalized spacial score (nSPS) is 16.8. The van der Waals surface area contributed by atoms with Crippen molar-refractivity contribution in [2.75, 3.05) is 13.2 Å². The topological polar surface area (TPSA) is 38.7 Å². The molecule has 1 N–H and O–H groups in total. The first-order valence-electron chi connectivity index (χ1n) is 7.44. The molecule has 0 amide bonds. The second kappa shape index (κ2) is 7.32. The molecule has 1 aliphatic heterocycles. The molecule has 1 aromatic carbocycles. The third kappa shape index (κ3) is 3.47. The summed E-state index contributed by atoms with van der Waals surface area (Å²) in [5, 5.41) is 10.7. The van der Waals surface area contributed by atoms with Gasteiger partial charge in [-0.05, 0) is 30.0 Å². The van der Waals surface area contributed by atoms with Crippen molar-refractivity contribution in [2.24, 2.45) is 5.92 Å². The Balaban J connectivity index is 2.21. The van der Waals surface area contributed by atoms with Crippen molar-refractivity contribution in [3.8, 4) is 11.5 Å². The lowest BCUT2D eigenvalue weighted by Gasteiger charge is -2.25. The van der Waals surface area contributed by atoms with E-state index in [1.807, 2.05) is 12.1 Å². The maximum Gasteiger partial charge on any atom is 0.162 e. The molecule has 2 atom stereocenters. The maximum atomic E-state index is 10.7. The number of halogens is 1. The predicted molar refractivity (Wildman–Crippen MR) is 83.4 cm³/mol. The molecule has 0 fully saturated rings. The first-order chi connectivity index (χ1) is 9.67. The van der Waals surface area contributed by atoms with E-state index in [0.717, 1.165) is 47.2 Å². The van der Waals surface area contributed by atoms with E-state index in [0.29, 0.717) is 13.2 Å². The summed E-state index contributed by atoms with van der Waals surface area (Å²) in [5.41, 5.74) is 0.900. The summed E-state index contributed by atoms with van der Waals surface area (Å²) in [4.78, 5) is 0. The quantitative estimate of drug-likeness (QED) is 0.828. The number of hydrogen-bond donors (Lipinski definition) is 1. The Labute approximate surface area is 129 Å². The summed E-state index contributed by atoms with van der Waals surface area (Å²) in [5.74, 6) is 1.77. The summed E-state index contributed by atoms with van der Waals surface area (Å²) in [6.45, 7) is 5.46. The van der Waals surface area contributed by atoms with Crippen LogP contribution in [0.4, 0.5) is 0 Å². The molecule has 2 unspecified atom stereocenters. The van der Waals surface area contributed by atoms with Gasteiger partial charge in [-0.2, -0.15) is 0 Å². The molecule has 1 heterocycles. The summed E-state index contributed by atoms with van der Waals surface area (Å²) < 4.78 is 12.1. The molecule has 112 valence electrons. The number of unbranched alkanes of at least 4 members (excludes halogenated alkanes) is 1. The van der Waals surface area contributed by atoms with Gasteiger partial charge in [0.1, 0.15) is 13.2 Å². The molecule has 1 aliphatic rings. The monoisotopic (exact) mass is 342 g/mol. The molecule has 1 aromatic rings. The van der Waals surface area contributed by atoms with Gasteiger partial charge in [0.2, 0.25) is 0 Å². The first-order valence-corrected chi connectivity index (χ1v) is 8.23. The van der Waals surface area contributed by atoms with Crippen molar-refractivity contribution in [1.29, 1.82) is 0 Å². The first kappa shape index (κ1) is 15.6. The van der Waals surface area contributed by atoms with Gasteiger partial charge in [0, 0.05) is 4.47 Å². The minimum atomic E-state index is -0.461. The highest BCUT2D eigenvalue weighted by Crippen LogP contribution is 2.40. The molecule has 0 radical (unpaired) electrons. The molecule has 0 spiro atoms. The standard InChI is InChI=1S/C16H23BrO3/c1-3-5-6-11(4-2)16(18)12-9-14-15(10-13(12)17)20-8-7-19-14/h9-11,16,18H,3-8H2,1-2H3. The van der Waals surface area contributed by atoms with Gasteiger partial charge in [-0.15, -0.1) is 0 Å². The second-order valence-corrected chi connectivity index (χ2v) is 6.13. The Kier molecular flexibility index (Phi) is 5.73. The van der Waals surface area contributed by atoms with E-state index in [-0.39, 0.29) is 5.92 Å². The molecule has 20 heavy (non-hydrogen) atoms. The molecule has 3 nitrogen and oxygen atoms in total. The molecule has 0 aromatic heterocycles. The third-order valence-electron chi connectivity index (χ3n) is 3.88. The van der Waals surface area contributed by atoms with Crippen LogP contribution in [0.15, 0.2) is 16.6 Å². The Morgan fingerprint density at radius 2 is 1.85 bits per heavy atom. The van der Waals surface area contributed by atoms with Crippen LogP contribution in [-0.2, 0) is 0 Å². The number of hydrogen-bond acceptors (Lipinski definition) is 3. The lowest BCUT2D eigenvalue weighted by molar-refractivity contribution is 0.0971. The van der Waals surface area contributed by atoms with E-state index in [1.165, 1.54) is 0 Å². The Hall–Kier alpha value is -0.740. The van der Waals surface area contributed by atoms with Crippen LogP contribution >= 0.6 is 15.9 Å². The molecule has 0 saturated heterocycles. The zero-order chi connectivity index (χ0) is 14.5. The highest BCUT2D eigenvalue weighted by atomic mass is 79.9. The summed E-state index contributed by atoms with van der Waals surface area (Å²) in [6.07, 6.45) is 3.87. The predicted octanol–water partition coefficient (Wildman–Crippen LogP) is 4.47. The van der Waals surface area contributed by atoms with Crippen molar-refractivity contribution < 1.29 is 14.6 Å². The Bertz CT molecular complexity index is 448. The molecule has 0 bridgehead atoms. The average molecular weight is 343 g/mol. The van der Waals surface area contributed by atoms with Crippen LogP contribution in [0.2, 0.25) is 0 Å². The Morgan fingerprint density at radius 3 is 2.45 bits per heavy atom. The van der Waals surface area contributed by atoms with Crippen molar-refractivity contribution in [3.05, 3.63) is 22.2 Å². The molecule has 0 aliphatic carbocycles. The number of benzene rings is 1. The fraction of sp³-hybridized carbons (Fsp3) is 0.625. The molecule has 0 saturated carbocycles. The van der Waals surface area contributed by atoms with Crippen molar-refractivity contribution in [3.63, 3.8) is 0 Å². The fourth-order valence-corrected chi connectivity index (χ4v) is 3.17. The minimum Gasteiger partial charge on any atom is -0.486 e. The minimum absolute atomic E-state index is 0.286. The van der Waals surface area contributed by atoms with Crippen molar-refractivity contribution in [1.82, 2.24) is 0 Å². The Morgan fingerprint density at radius 1 is 1.20 bits per heavy atom. The number of ether oxygens (including phenoxy) is 2. The zero-order valence-electron chi connectivity index (χ0n) is 12.2. The number of aliphatic hydroxyl groups is 1. The van der Waals surface area contributed by atoms with E-state index in [4.69, 9.17) is 9.47 Å². The van der Waals surface area contributed by atoms with E-state index in [1.54, 1.807) is 0 Å². The maximum absolute atomic E-state index is 10.7. The second-order valence-electron chi connectivity index (χ2n) is 5.27. The van der Waals surface area contributed by atoms with E-state index < -0.39 is 6.10 Å². The highest BCUT2D eigenvalue weighted by Gasteiger charge is 2.24. The average Bonchev–Trinajstić information content (AvgIpc) is 2.47. The smallest absolute Gasteiger partial charge is 0.162 e. The van der Waals surface area contributed by atoms with Crippen LogP contribution in [0.25, 0.3) is 0 Å². The van der Waals surface area contributed by atoms with Gasteiger partial charge < -0.3 is 14.6 Å². The lowest BCUT2D eigenvalue weighted by Crippen LogP contribution is -2.17. The van der Waals surface area contributed by atoms with Gasteiger partial charge in [-0.25, -0.2) is 0 Å². The van der Waals surface area contributed by atoms with E-state index >= 15 is 0 Å². The zero-order valence-corrected chi connectivity index (χ0v) is 13.8. The SMILES string of the molecule is CCCCC(CC)C(O)c1cc2c(cc1Br)OCCO2. The fourth-order valence-electron chi connectivity index (χ4n) is 2.61. The summed E-state index contributed by atoms with van der Waals surface area (Å²) in [6, 6.07) is 3.82. The lowest BCUT2D eigenvalue weighted by atomic mass is 9.89. The number of fused-ring (bicyclic) bond motifs is 1. The molecular weight excluding hydrogens is 320 g/mol. The highest BCUT2D eigenvalue weighted by molar-refractivity contribution is 9.10. The van der Waals surface area contributed by atoms with Crippen LogP contribution in [0.5, 0.6) is 11.5 Å². The summed E-state index contributed by atoms with van der Waals surface area (Å²) >= 11 is 3.55. The molecule has 4 heteroatoms. The van der Waals surface area contributed by atoms with Gasteiger partial charge in [-0.1, -0.05) is 49.0 Å². The van der Waals surface area contributed by atoms with E-state index in [9.17, 15) is 5.11 Å². The van der Waals surface area contributed by atoms with Crippen LogP contribution in [0.3, 0.4) is 0 Å². The third-order valence-corrected chi connectivity index (χ3v) is 4.57. The van der Waals surface area contributed by atoms with E-state index in [2.05, 4.69) is 29.8 Å². The van der Waals surface area contributed by atoms with Crippen LogP contribution < -0.4 is 9.47 Å². The van der Waals surface area contributed by atoms with Crippen LogP contribution in [0, 0.1) is 5.92 Å². The molecule has 2 rings (SSSR count). The number of aliphatic hydroxyl groups excluding tert-OH is 1. The summed E-state index contributed by atoms with van der Waals surface area (Å²) in [7, 11) is 0. The van der Waals surface area contributed by atoms with Gasteiger partial charge in [0.05, 0.1) is 6.10 Å². The van der Waals surface area contributed by atoms with Gasteiger partial charge >= 0.3 is 0 Å². The number of rotatable bonds is 6.